The van der Waals surface area contributed by atoms with Crippen LogP contribution in [0.3, 0.4) is 0 Å². The molecule has 2 heterocycles. The first kappa shape index (κ1) is 18.4. The number of anilines is 1. The van der Waals surface area contributed by atoms with Crippen LogP contribution >= 0.6 is 24.8 Å². The SMILES string of the molecule is CNC(C(=O)Nc1ccccn1)c1cnn(C)c1.Cl.Cl. The van der Waals surface area contributed by atoms with E-state index in [1.807, 2.05) is 13.1 Å². The number of nitrogens with zero attached hydrogens (tertiary/aromatic N) is 3. The fraction of sp³-hybridized carbons (Fsp3) is 0.250. The molecule has 1 amide bonds. The number of amides is 1. The molecule has 1 unspecified atom stereocenters. The van der Waals surface area contributed by atoms with Crippen LogP contribution in [0.2, 0.25) is 0 Å². The van der Waals surface area contributed by atoms with Crippen LogP contribution in [0.1, 0.15) is 11.6 Å². The van der Waals surface area contributed by atoms with E-state index in [4.69, 9.17) is 0 Å². The summed E-state index contributed by atoms with van der Waals surface area (Å²) in [6, 6.07) is 4.92. The van der Waals surface area contributed by atoms with E-state index < -0.39 is 6.04 Å². The molecule has 2 N–H and O–H groups in total. The molecule has 0 aromatic carbocycles. The van der Waals surface area contributed by atoms with Gasteiger partial charge in [0, 0.05) is 25.0 Å². The number of nitrogens with one attached hydrogen (secondary N) is 2. The normalized spacial score (nSPS) is 10.9. The second-order valence-electron chi connectivity index (χ2n) is 3.87. The zero-order chi connectivity index (χ0) is 13.0. The van der Waals surface area contributed by atoms with Gasteiger partial charge >= 0.3 is 0 Å². The second-order valence-corrected chi connectivity index (χ2v) is 3.87. The van der Waals surface area contributed by atoms with Crippen molar-refractivity contribution in [1.29, 1.82) is 0 Å². The molecule has 2 aromatic rings. The number of aryl methyl sites for hydroxylation is 1. The van der Waals surface area contributed by atoms with Crippen molar-refractivity contribution >= 4 is 36.5 Å². The molecule has 0 bridgehead atoms. The molecule has 0 spiro atoms. The summed E-state index contributed by atoms with van der Waals surface area (Å²) in [7, 11) is 3.54. The van der Waals surface area contributed by atoms with Crippen molar-refractivity contribution in [1.82, 2.24) is 20.1 Å². The van der Waals surface area contributed by atoms with E-state index in [0.717, 1.165) is 5.56 Å². The van der Waals surface area contributed by atoms with Crippen LogP contribution in [0.4, 0.5) is 5.82 Å². The van der Waals surface area contributed by atoms with Crippen molar-refractivity contribution in [3.63, 3.8) is 0 Å². The average Bonchev–Trinajstić information content (AvgIpc) is 2.78. The first-order valence-electron chi connectivity index (χ1n) is 5.58. The highest BCUT2D eigenvalue weighted by molar-refractivity contribution is 5.94. The molecule has 20 heavy (non-hydrogen) atoms. The van der Waals surface area contributed by atoms with Crippen LogP contribution in [0.25, 0.3) is 0 Å². The van der Waals surface area contributed by atoms with Gasteiger partial charge in [0.1, 0.15) is 11.9 Å². The zero-order valence-electron chi connectivity index (χ0n) is 11.1. The summed E-state index contributed by atoms with van der Waals surface area (Å²) < 4.78 is 1.66. The smallest absolute Gasteiger partial charge is 0.247 e. The van der Waals surface area contributed by atoms with Crippen LogP contribution in [-0.4, -0.2) is 27.7 Å². The molecule has 1 atom stereocenters. The molecule has 8 heteroatoms. The molecule has 0 aliphatic carbocycles. The van der Waals surface area contributed by atoms with Crippen molar-refractivity contribution in [3.05, 3.63) is 42.4 Å². The summed E-state index contributed by atoms with van der Waals surface area (Å²) in [5.41, 5.74) is 0.813. The quantitative estimate of drug-likeness (QED) is 0.897. The van der Waals surface area contributed by atoms with E-state index in [2.05, 4.69) is 20.7 Å². The third-order valence-corrected chi connectivity index (χ3v) is 2.53. The fourth-order valence-corrected chi connectivity index (χ4v) is 1.67. The van der Waals surface area contributed by atoms with E-state index in [-0.39, 0.29) is 30.7 Å². The Hall–Kier alpha value is -1.63. The number of carbonyl (C=O) groups excluding carboxylic acids is 1. The van der Waals surface area contributed by atoms with Gasteiger partial charge in [0.05, 0.1) is 6.20 Å². The van der Waals surface area contributed by atoms with Crippen molar-refractivity contribution in [2.24, 2.45) is 7.05 Å². The molecular weight excluding hydrogens is 301 g/mol. The van der Waals surface area contributed by atoms with Gasteiger partial charge in [0.15, 0.2) is 0 Å². The lowest BCUT2D eigenvalue weighted by Crippen LogP contribution is -2.30. The monoisotopic (exact) mass is 317 g/mol. The maximum absolute atomic E-state index is 12.1. The minimum atomic E-state index is -0.444. The van der Waals surface area contributed by atoms with Crippen LogP contribution in [0.5, 0.6) is 0 Å². The minimum Gasteiger partial charge on any atom is -0.309 e. The summed E-state index contributed by atoms with van der Waals surface area (Å²) >= 11 is 0. The molecule has 0 radical (unpaired) electrons. The van der Waals surface area contributed by atoms with Gasteiger partial charge in [0.25, 0.3) is 0 Å². The number of hydrogen-bond acceptors (Lipinski definition) is 4. The average molecular weight is 318 g/mol. The molecule has 0 saturated heterocycles. The number of halogens is 2. The summed E-state index contributed by atoms with van der Waals surface area (Å²) in [5, 5.41) is 9.77. The van der Waals surface area contributed by atoms with Gasteiger partial charge in [-0.1, -0.05) is 6.07 Å². The number of rotatable bonds is 4. The molecule has 0 aliphatic heterocycles. The Kier molecular flexibility index (Phi) is 7.83. The highest BCUT2D eigenvalue weighted by Gasteiger charge is 2.20. The van der Waals surface area contributed by atoms with E-state index in [0.29, 0.717) is 5.82 Å². The summed E-state index contributed by atoms with van der Waals surface area (Å²) in [6.07, 6.45) is 5.10. The third-order valence-electron chi connectivity index (χ3n) is 2.53. The zero-order valence-corrected chi connectivity index (χ0v) is 12.7. The second kappa shape index (κ2) is 8.52. The van der Waals surface area contributed by atoms with E-state index in [1.54, 1.807) is 42.5 Å². The molecule has 6 nitrogen and oxygen atoms in total. The Morgan fingerprint density at radius 3 is 2.60 bits per heavy atom. The predicted octanol–water partition coefficient (Wildman–Crippen LogP) is 1.56. The van der Waals surface area contributed by atoms with Gasteiger partial charge in [-0.25, -0.2) is 4.98 Å². The summed E-state index contributed by atoms with van der Waals surface area (Å²) in [4.78, 5) is 16.2. The molecule has 0 fully saturated rings. The lowest BCUT2D eigenvalue weighted by Gasteiger charge is -2.13. The van der Waals surface area contributed by atoms with Crippen LogP contribution in [-0.2, 0) is 11.8 Å². The number of hydrogen-bond donors (Lipinski definition) is 2. The number of likely N-dealkylation sites (N-methyl/N-ethyl adjacent to an activating group) is 1. The van der Waals surface area contributed by atoms with Gasteiger partial charge < -0.3 is 10.6 Å². The van der Waals surface area contributed by atoms with Crippen LogP contribution in [0, 0.1) is 0 Å². The molecule has 2 rings (SSSR count). The topological polar surface area (TPSA) is 71.8 Å². The Morgan fingerprint density at radius 1 is 1.35 bits per heavy atom. The standard InChI is InChI=1S/C12H15N5O.2ClH/c1-13-11(9-7-15-17(2)8-9)12(18)16-10-5-3-4-6-14-10;;/h3-8,11,13H,1-2H3,(H,14,16,18);2*1H. The first-order chi connectivity index (χ1) is 8.70. The van der Waals surface area contributed by atoms with Gasteiger partial charge in [-0.2, -0.15) is 5.10 Å². The van der Waals surface area contributed by atoms with Gasteiger partial charge in [0.2, 0.25) is 5.91 Å². The Morgan fingerprint density at radius 2 is 2.10 bits per heavy atom. The van der Waals surface area contributed by atoms with E-state index in [1.165, 1.54) is 0 Å². The van der Waals surface area contributed by atoms with Crippen molar-refractivity contribution in [2.75, 3.05) is 12.4 Å². The number of carbonyl (C=O) groups is 1. The Bertz CT molecular complexity index is 532. The van der Waals surface area contributed by atoms with Gasteiger partial charge in [-0.05, 0) is 19.2 Å². The number of pyridine rings is 1. The van der Waals surface area contributed by atoms with Crippen molar-refractivity contribution in [2.45, 2.75) is 6.04 Å². The molecule has 110 valence electrons. The maximum Gasteiger partial charge on any atom is 0.247 e. The lowest BCUT2D eigenvalue weighted by atomic mass is 10.1. The largest absolute Gasteiger partial charge is 0.309 e. The predicted molar refractivity (Wildman–Crippen MR) is 82.4 cm³/mol. The maximum atomic E-state index is 12.1. The number of aromatic nitrogens is 3. The minimum absolute atomic E-state index is 0. The Labute approximate surface area is 129 Å². The molecule has 2 aromatic heterocycles. The van der Waals surface area contributed by atoms with E-state index >= 15 is 0 Å². The highest BCUT2D eigenvalue weighted by atomic mass is 35.5. The molecule has 0 aliphatic rings. The van der Waals surface area contributed by atoms with Crippen molar-refractivity contribution < 1.29 is 4.79 Å². The van der Waals surface area contributed by atoms with Gasteiger partial charge in [-0.3, -0.25) is 9.48 Å². The van der Waals surface area contributed by atoms with Gasteiger partial charge in [-0.15, -0.1) is 24.8 Å². The molecular formula is C12H17Cl2N5O. The van der Waals surface area contributed by atoms with E-state index in [9.17, 15) is 4.79 Å². The lowest BCUT2D eigenvalue weighted by molar-refractivity contribution is -0.118. The Balaban J connectivity index is 0.00000180. The first-order valence-corrected chi connectivity index (χ1v) is 5.58. The van der Waals surface area contributed by atoms with Crippen LogP contribution < -0.4 is 10.6 Å². The highest BCUT2D eigenvalue weighted by Crippen LogP contribution is 2.13. The van der Waals surface area contributed by atoms with Crippen molar-refractivity contribution in [3.8, 4) is 0 Å². The van der Waals surface area contributed by atoms with Crippen LogP contribution in [0.15, 0.2) is 36.8 Å². The fourth-order valence-electron chi connectivity index (χ4n) is 1.67. The summed E-state index contributed by atoms with van der Waals surface area (Å²) in [5.74, 6) is 0.371. The third kappa shape index (κ3) is 4.48. The molecule has 0 saturated carbocycles. The summed E-state index contributed by atoms with van der Waals surface area (Å²) in [6.45, 7) is 0.